The maximum Gasteiger partial charge on any atom is 1.00 e. The largest absolute Gasteiger partial charge is 1.00 e. The normalized spacial score (nSPS) is 13.6. The van der Waals surface area contributed by atoms with Crippen molar-refractivity contribution in [1.82, 2.24) is 0 Å². The van der Waals surface area contributed by atoms with E-state index in [0.29, 0.717) is 25.5 Å². The SMILES string of the molecule is C.C.C.C.C.C=C(Br)C(F)(F)F.C=C(c1cccc(Cl)c1C(=O)OC)C(F)(F)F.CC.COC(=O)c1c(Cl)cccc1B1OC(C)(C)C(C)(C)O1.COC(=O)c1c(Cl)cccc1Br.COC(=O)c1c(Cl)cccc1C1(C(F)(F)F)CC1.C[S+](c1ccccc1)c1ccccc1.C[Si](C)(C)[O-].O=C(O)c1c(Cl)cccc1C1(C(F)(F)F)CC1.[2H][B]P.[K+]. The first-order valence-electron chi connectivity index (χ1n) is 33.8. The molecule has 1 atom stereocenters. The molecular weight excluding hydrogens is 1910 g/mol. The van der Waals surface area contributed by atoms with E-state index in [1.165, 1.54) is 80.1 Å². The molecule has 7 aromatic rings. The minimum Gasteiger partial charge on any atom is -0.859 e. The van der Waals surface area contributed by atoms with E-state index in [1.807, 2.05) is 41.5 Å². The van der Waals surface area contributed by atoms with Crippen LogP contribution in [-0.2, 0) is 50.0 Å². The van der Waals surface area contributed by atoms with Gasteiger partial charge in [0, 0.05) is 10.0 Å². The zero-order valence-corrected chi connectivity index (χ0v) is 77.9. The molecule has 1 saturated heterocycles. The summed E-state index contributed by atoms with van der Waals surface area (Å²) in [5.74, 6) is -4.14. The minimum atomic E-state index is -4.63. The van der Waals surface area contributed by atoms with Gasteiger partial charge in [0.25, 0.3) is 0 Å². The molecule has 0 amide bonds. The van der Waals surface area contributed by atoms with Crippen LogP contribution < -0.4 is 61.6 Å². The average molecular weight is 2010 g/mol. The number of carboxylic acid groups (broad SMARTS) is 1. The number of benzene rings is 7. The summed E-state index contributed by atoms with van der Waals surface area (Å²) < 4.78 is 184. The Morgan fingerprint density at radius 3 is 1.11 bits per heavy atom. The van der Waals surface area contributed by atoms with Gasteiger partial charge in [0.15, 0.2) is 9.79 Å². The van der Waals surface area contributed by atoms with Crippen LogP contribution in [0.4, 0.5) is 52.7 Å². The standard InChI is InChI=1S/C14H18BClO4.C13H13S.C12H10ClF3O2.2C11H8ClF3O2.C8H6BrClO2.C3H2BrF3.C3H9OSi.C2H6.5CH4.BH3P.K/c1-13(2)14(3,4)20-15(19-13)9-7-6-8-10(16)11(9)12(17)18-5;1-14(12-8-4-2-5-9-12)13-10-6-3-7-11-13;1-18-10(17)9-7(3-2-4-8(9)13)11(5-6-11)12(14,15)16;12-7-3-1-2-6(8(7)9(16)17)10(4-5-10)11(13,14)15;1-6(11(13,14)15)7-4-3-5-8(12)9(7)10(16)17-2;1-12-8(11)7-5(9)3-2-4-6(7)10;1-2(4)3(5,6)7;1-5(2,3)4;1-2;;;;;;1-2;/h6-8H,1-5H3;2-11H,1H3;2-4H,5-6H2,1H3;1-3H,4-5H2,(H,16,17);3-5H,1H2,2H3;2-4H,1H3;1H2;1-3H3;1-2H3;5*1H4;1H,2H2;/q;+1;;;;;;-1;;;;;;;;+1/i;;;;;;;;;;;;;;1D;. The number of halogens is 19. The molecule has 1 unspecified atom stereocenters. The van der Waals surface area contributed by atoms with E-state index in [4.69, 9.17) is 78.5 Å². The van der Waals surface area contributed by atoms with Gasteiger partial charge in [0.2, 0.25) is 0 Å². The van der Waals surface area contributed by atoms with Crippen molar-refractivity contribution in [2.45, 2.75) is 181 Å². The number of allylic oxidation sites excluding steroid dienone is 2. The summed E-state index contributed by atoms with van der Waals surface area (Å²) in [7, 11) is 5.80. The van der Waals surface area contributed by atoms with Crippen LogP contribution in [-0.4, -0.2) is 130 Å². The number of aromatic carboxylic acids is 1. The van der Waals surface area contributed by atoms with Gasteiger partial charge in [0.05, 0.1) is 124 Å². The fraction of sp³-hybridized carbons (Fsp3) is 0.378. The molecule has 663 valence electrons. The van der Waals surface area contributed by atoms with Gasteiger partial charge >= 0.3 is 113 Å². The average Bonchev–Trinajstić information content (AvgIpc) is 1.57. The third-order valence-electron chi connectivity index (χ3n) is 16.1. The molecule has 10 rings (SSSR count). The first-order valence-corrected chi connectivity index (χ1v) is 42.4. The smallest absolute Gasteiger partial charge is 0.859 e. The molecule has 7 aromatic carbocycles. The molecular formula is C82H103B2Br2Cl5F12KO13PSSi+. The second-order valence-electron chi connectivity index (χ2n) is 25.4. The molecule has 1 heterocycles. The zero-order chi connectivity index (χ0) is 89.0. The fourth-order valence-electron chi connectivity index (χ4n) is 9.48. The van der Waals surface area contributed by atoms with Gasteiger partial charge < -0.3 is 38.2 Å². The Kier molecular flexibility index (Phi) is 57.8. The number of hydrogen-bond acceptors (Lipinski definition) is 12. The van der Waals surface area contributed by atoms with Crippen LogP contribution in [0.25, 0.3) is 5.57 Å². The Hall–Kier alpha value is -4.42. The third-order valence-corrected chi connectivity index (χ3v) is 20.8. The predicted octanol–water partition coefficient (Wildman–Crippen LogP) is 23.2. The van der Waals surface area contributed by atoms with E-state index in [0.717, 1.165) is 20.3 Å². The third kappa shape index (κ3) is 37.3. The number of methoxy groups -OCH3 is 4. The fourth-order valence-corrected chi connectivity index (χ4v) is 12.8. The van der Waals surface area contributed by atoms with Gasteiger partial charge in [-0.2, -0.15) is 61.8 Å². The van der Waals surface area contributed by atoms with Gasteiger partial charge in [-0.15, -0.1) is 0 Å². The second-order valence-corrected chi connectivity index (χ2v) is 35.5. The summed E-state index contributed by atoms with van der Waals surface area (Å²) in [6, 6.07) is 43.2. The van der Waals surface area contributed by atoms with Crippen LogP contribution in [0.15, 0.2) is 184 Å². The summed E-state index contributed by atoms with van der Waals surface area (Å²) in [6.45, 7) is 22.7. The maximum atomic E-state index is 13.1. The van der Waals surface area contributed by atoms with Crippen molar-refractivity contribution in [2.75, 3.05) is 34.7 Å². The Morgan fingerprint density at radius 1 is 0.525 bits per heavy atom. The molecule has 120 heavy (non-hydrogen) atoms. The Bertz CT molecular complexity index is 4330. The topological polar surface area (TPSA) is 184 Å². The molecule has 0 aromatic heterocycles. The number of carbonyl (C=O) groups excluding carboxylic acids is 4. The molecule has 3 aliphatic rings. The van der Waals surface area contributed by atoms with Gasteiger partial charge in [0.1, 0.15) is 13.8 Å². The van der Waals surface area contributed by atoms with Gasteiger partial charge in [-0.3, -0.25) is 0 Å². The van der Waals surface area contributed by atoms with Crippen molar-refractivity contribution in [3.8, 4) is 0 Å². The van der Waals surface area contributed by atoms with Crippen molar-refractivity contribution in [2.24, 2.45) is 0 Å². The zero-order valence-electron chi connectivity index (χ0n) is 65.8. The molecule has 1 radical (unpaired) electrons. The molecule has 2 aliphatic carbocycles. The summed E-state index contributed by atoms with van der Waals surface area (Å²) in [6.07, 6.45) is -15.7. The van der Waals surface area contributed by atoms with Crippen molar-refractivity contribution in [3.05, 3.63) is 243 Å². The molecule has 38 heteroatoms. The van der Waals surface area contributed by atoms with Crippen molar-refractivity contribution < 1.29 is 166 Å². The minimum absolute atomic E-state index is 0. The summed E-state index contributed by atoms with van der Waals surface area (Å²) in [4.78, 5) is 70.0. The van der Waals surface area contributed by atoms with Crippen LogP contribution >= 0.6 is 99.0 Å². The number of esters is 4. The van der Waals surface area contributed by atoms with Gasteiger partial charge in [-0.05, 0) is 164 Å². The van der Waals surface area contributed by atoms with Gasteiger partial charge in [-0.25, -0.2) is 24.0 Å². The Balaban J connectivity index is -0.000000314. The molecule has 3 fully saturated rings. The van der Waals surface area contributed by atoms with E-state index in [2.05, 4.69) is 135 Å². The van der Waals surface area contributed by atoms with E-state index in [1.54, 1.807) is 56.0 Å². The van der Waals surface area contributed by atoms with E-state index in [-0.39, 0.29) is 174 Å². The maximum absolute atomic E-state index is 13.1. The molecule has 2 saturated carbocycles. The van der Waals surface area contributed by atoms with Crippen LogP contribution in [0.2, 0.25) is 44.8 Å². The number of hydrogen-bond donors (Lipinski definition) is 1. The van der Waals surface area contributed by atoms with Crippen molar-refractivity contribution >= 4 is 174 Å². The van der Waals surface area contributed by atoms with Crippen molar-refractivity contribution in [3.63, 3.8) is 0 Å². The quantitative estimate of drug-likeness (QED) is 0.0323. The van der Waals surface area contributed by atoms with E-state index in [9.17, 15) is 81.5 Å². The van der Waals surface area contributed by atoms with Crippen LogP contribution in [0, 0.1) is 0 Å². The molecule has 0 bridgehead atoms. The van der Waals surface area contributed by atoms with Crippen molar-refractivity contribution in [1.29, 1.82) is 1.34 Å². The predicted molar refractivity (Wildman–Crippen MR) is 474 cm³/mol. The molecule has 0 spiro atoms. The molecule has 13 nitrogen and oxygen atoms in total. The van der Waals surface area contributed by atoms with Crippen LogP contribution in [0.1, 0.15) is 173 Å². The Morgan fingerprint density at radius 2 is 0.800 bits per heavy atom. The summed E-state index contributed by atoms with van der Waals surface area (Å²) in [5.41, 5.74) is -6.48. The van der Waals surface area contributed by atoms with Crippen LogP contribution in [0.5, 0.6) is 0 Å². The summed E-state index contributed by atoms with van der Waals surface area (Å²) in [5, 5.41) is 9.37. The second kappa shape index (κ2) is 55.9. The Labute approximate surface area is 792 Å². The van der Waals surface area contributed by atoms with E-state index < -0.39 is 108 Å². The number of carboxylic acids is 1. The number of ether oxygens (including phenoxy) is 4. The first kappa shape index (κ1) is 124. The van der Waals surface area contributed by atoms with Gasteiger partial charge in [-0.1, -0.05) is 241 Å². The number of carbonyl (C=O) groups is 5. The monoisotopic (exact) mass is 2010 g/mol. The first-order chi connectivity index (χ1) is 53.0. The number of alkyl halides is 12. The summed E-state index contributed by atoms with van der Waals surface area (Å²) >= 11 is 34.4. The van der Waals surface area contributed by atoms with Crippen LogP contribution in [0.3, 0.4) is 0 Å². The van der Waals surface area contributed by atoms with E-state index >= 15 is 0 Å². The number of rotatable bonds is 11. The molecule has 1 aliphatic heterocycles. The molecule has 1 N–H and O–H groups in total.